The summed E-state index contributed by atoms with van der Waals surface area (Å²) in [4.78, 5) is 16.9. The first-order valence-corrected chi connectivity index (χ1v) is 9.00. The van der Waals surface area contributed by atoms with Crippen LogP contribution in [-0.4, -0.2) is 68.3 Å². The molecule has 1 atom stereocenters. The van der Waals surface area contributed by atoms with Gasteiger partial charge in [0.2, 0.25) is 0 Å². The third kappa shape index (κ3) is 3.97. The minimum atomic E-state index is -0.0433. The molecule has 7 heteroatoms. The van der Waals surface area contributed by atoms with Crippen LogP contribution in [0.4, 0.5) is 0 Å². The molecule has 1 aromatic rings. The number of methoxy groups -OCH3 is 1. The molecule has 0 spiro atoms. The fourth-order valence-electron chi connectivity index (χ4n) is 3.27. The number of hydrogen-bond donors (Lipinski definition) is 0. The van der Waals surface area contributed by atoms with Gasteiger partial charge in [-0.3, -0.25) is 9.69 Å². The first kappa shape index (κ1) is 17.8. The number of carbonyl (C=O) groups excluding carboxylic acids is 1. The molecule has 0 saturated carbocycles. The molecule has 2 aliphatic rings. The minimum Gasteiger partial charge on any atom is -0.494 e. The zero-order valence-electron chi connectivity index (χ0n) is 13.8. The lowest BCUT2D eigenvalue weighted by atomic mass is 10.1. The first-order valence-electron chi connectivity index (χ1n) is 8.24. The van der Waals surface area contributed by atoms with Crippen LogP contribution in [0.3, 0.4) is 0 Å². The van der Waals surface area contributed by atoms with Gasteiger partial charge in [-0.05, 0) is 25.0 Å². The Morgan fingerprint density at radius 2 is 1.92 bits per heavy atom. The molecule has 2 aliphatic heterocycles. The summed E-state index contributed by atoms with van der Waals surface area (Å²) in [6, 6.07) is 3.24. The predicted octanol–water partition coefficient (Wildman–Crippen LogP) is 2.94. The molecule has 132 valence electrons. The Labute approximate surface area is 152 Å². The molecule has 24 heavy (non-hydrogen) atoms. The molecule has 2 fully saturated rings. The SMILES string of the molecule is COc1c(Cl)cc(C(=O)N2CCN(CC3CCCO3)CC2)cc1Cl. The van der Waals surface area contributed by atoms with Crippen LogP contribution >= 0.6 is 23.2 Å². The normalized spacial score (nSPS) is 22.0. The number of nitrogens with zero attached hydrogens (tertiary/aromatic N) is 2. The summed E-state index contributed by atoms with van der Waals surface area (Å²) in [5.41, 5.74) is 0.498. The van der Waals surface area contributed by atoms with Gasteiger partial charge in [-0.25, -0.2) is 0 Å². The Kier molecular flexibility index (Phi) is 5.87. The van der Waals surface area contributed by atoms with Crippen molar-refractivity contribution in [1.29, 1.82) is 0 Å². The highest BCUT2D eigenvalue weighted by molar-refractivity contribution is 6.37. The summed E-state index contributed by atoms with van der Waals surface area (Å²) in [5.74, 6) is 0.356. The fraction of sp³-hybridized carbons (Fsp3) is 0.588. The second-order valence-corrected chi connectivity index (χ2v) is 7.02. The van der Waals surface area contributed by atoms with E-state index in [9.17, 15) is 4.79 Å². The van der Waals surface area contributed by atoms with Gasteiger partial charge in [-0.2, -0.15) is 0 Å². The lowest BCUT2D eigenvalue weighted by Crippen LogP contribution is -2.50. The molecule has 0 bridgehead atoms. The van der Waals surface area contributed by atoms with E-state index in [-0.39, 0.29) is 5.91 Å². The maximum Gasteiger partial charge on any atom is 0.254 e. The highest BCUT2D eigenvalue weighted by Crippen LogP contribution is 2.34. The van der Waals surface area contributed by atoms with Gasteiger partial charge in [0, 0.05) is 44.9 Å². The molecule has 0 aliphatic carbocycles. The predicted molar refractivity (Wildman–Crippen MR) is 94.3 cm³/mol. The highest BCUT2D eigenvalue weighted by Gasteiger charge is 2.26. The van der Waals surface area contributed by atoms with Gasteiger partial charge in [0.05, 0.1) is 23.3 Å². The summed E-state index contributed by atoms with van der Waals surface area (Å²) in [6.07, 6.45) is 2.65. The fourth-order valence-corrected chi connectivity index (χ4v) is 3.91. The second kappa shape index (κ2) is 7.91. The summed E-state index contributed by atoms with van der Waals surface area (Å²) in [7, 11) is 1.50. The van der Waals surface area contributed by atoms with Crippen LogP contribution in [0, 0.1) is 0 Å². The van der Waals surface area contributed by atoms with Gasteiger partial charge in [0.1, 0.15) is 0 Å². The molecular weight excluding hydrogens is 351 g/mol. The van der Waals surface area contributed by atoms with E-state index < -0.39 is 0 Å². The van der Waals surface area contributed by atoms with Crippen LogP contribution in [0.15, 0.2) is 12.1 Å². The average Bonchev–Trinajstić information content (AvgIpc) is 3.07. The number of carbonyl (C=O) groups is 1. The van der Waals surface area contributed by atoms with Gasteiger partial charge < -0.3 is 14.4 Å². The summed E-state index contributed by atoms with van der Waals surface area (Å²) < 4.78 is 10.8. The van der Waals surface area contributed by atoms with Crippen molar-refractivity contribution in [1.82, 2.24) is 9.80 Å². The van der Waals surface area contributed by atoms with Crippen molar-refractivity contribution in [2.24, 2.45) is 0 Å². The maximum absolute atomic E-state index is 12.7. The van der Waals surface area contributed by atoms with E-state index in [2.05, 4.69) is 4.90 Å². The van der Waals surface area contributed by atoms with E-state index in [4.69, 9.17) is 32.7 Å². The van der Waals surface area contributed by atoms with E-state index in [1.165, 1.54) is 7.11 Å². The van der Waals surface area contributed by atoms with Gasteiger partial charge >= 0.3 is 0 Å². The van der Waals surface area contributed by atoms with E-state index in [1.807, 2.05) is 4.90 Å². The minimum absolute atomic E-state index is 0.0433. The number of benzene rings is 1. The Hall–Kier alpha value is -1.01. The van der Waals surface area contributed by atoms with E-state index in [0.717, 1.165) is 39.1 Å². The number of amides is 1. The van der Waals surface area contributed by atoms with Crippen molar-refractivity contribution in [2.75, 3.05) is 46.4 Å². The van der Waals surface area contributed by atoms with E-state index in [0.29, 0.717) is 40.6 Å². The Morgan fingerprint density at radius 3 is 2.46 bits per heavy atom. The molecule has 5 nitrogen and oxygen atoms in total. The number of rotatable bonds is 4. The average molecular weight is 373 g/mol. The summed E-state index contributed by atoms with van der Waals surface area (Å²) in [5, 5.41) is 0.704. The number of piperazine rings is 1. The maximum atomic E-state index is 12.7. The zero-order valence-corrected chi connectivity index (χ0v) is 15.3. The van der Waals surface area contributed by atoms with Crippen molar-refractivity contribution >= 4 is 29.1 Å². The van der Waals surface area contributed by atoms with Gasteiger partial charge in [-0.1, -0.05) is 23.2 Å². The van der Waals surface area contributed by atoms with Crippen LogP contribution in [0.1, 0.15) is 23.2 Å². The Morgan fingerprint density at radius 1 is 1.25 bits per heavy atom. The van der Waals surface area contributed by atoms with Crippen molar-refractivity contribution in [3.63, 3.8) is 0 Å². The molecule has 1 amide bonds. The van der Waals surface area contributed by atoms with Crippen LogP contribution in [0.5, 0.6) is 5.75 Å². The van der Waals surface area contributed by atoms with Crippen LogP contribution in [0.2, 0.25) is 10.0 Å². The molecule has 3 rings (SSSR count). The first-order chi connectivity index (χ1) is 11.6. The smallest absolute Gasteiger partial charge is 0.254 e. The topological polar surface area (TPSA) is 42.0 Å². The molecule has 1 aromatic carbocycles. The Balaban J connectivity index is 1.58. The Bertz CT molecular complexity index is 574. The standard InChI is InChI=1S/C17H22Cl2N2O3/c1-23-16-14(18)9-12(10-15(16)19)17(22)21-6-4-20(5-7-21)11-13-3-2-8-24-13/h9-10,13H,2-8,11H2,1H3. The second-order valence-electron chi connectivity index (χ2n) is 6.20. The molecular formula is C17H22Cl2N2O3. The van der Waals surface area contributed by atoms with Crippen LogP contribution in [-0.2, 0) is 4.74 Å². The van der Waals surface area contributed by atoms with Crippen molar-refractivity contribution in [3.8, 4) is 5.75 Å². The third-order valence-electron chi connectivity index (χ3n) is 4.59. The highest BCUT2D eigenvalue weighted by atomic mass is 35.5. The quantitative estimate of drug-likeness (QED) is 0.814. The molecule has 0 N–H and O–H groups in total. The molecule has 1 unspecified atom stereocenters. The van der Waals surface area contributed by atoms with Crippen molar-refractivity contribution in [3.05, 3.63) is 27.7 Å². The summed E-state index contributed by atoms with van der Waals surface area (Å²) >= 11 is 12.3. The molecule has 0 aromatic heterocycles. The zero-order chi connectivity index (χ0) is 17.1. The molecule has 2 saturated heterocycles. The van der Waals surface area contributed by atoms with Crippen molar-refractivity contribution < 1.29 is 14.3 Å². The van der Waals surface area contributed by atoms with Gasteiger partial charge in [0.25, 0.3) is 5.91 Å². The van der Waals surface area contributed by atoms with E-state index >= 15 is 0 Å². The number of halogens is 2. The van der Waals surface area contributed by atoms with Gasteiger partial charge in [0.15, 0.2) is 5.75 Å². The molecule has 0 radical (unpaired) electrons. The lowest BCUT2D eigenvalue weighted by Gasteiger charge is -2.35. The van der Waals surface area contributed by atoms with Gasteiger partial charge in [-0.15, -0.1) is 0 Å². The van der Waals surface area contributed by atoms with Crippen LogP contribution < -0.4 is 4.74 Å². The lowest BCUT2D eigenvalue weighted by molar-refractivity contribution is 0.0432. The summed E-state index contributed by atoms with van der Waals surface area (Å²) in [6.45, 7) is 4.97. The van der Waals surface area contributed by atoms with Crippen molar-refractivity contribution in [2.45, 2.75) is 18.9 Å². The molecule has 2 heterocycles. The van der Waals surface area contributed by atoms with E-state index in [1.54, 1.807) is 12.1 Å². The number of ether oxygens (including phenoxy) is 2. The monoisotopic (exact) mass is 372 g/mol. The van der Waals surface area contributed by atoms with Crippen LogP contribution in [0.25, 0.3) is 0 Å². The number of hydrogen-bond acceptors (Lipinski definition) is 4. The largest absolute Gasteiger partial charge is 0.494 e. The third-order valence-corrected chi connectivity index (χ3v) is 5.16.